The highest BCUT2D eigenvalue weighted by Crippen LogP contribution is 2.56. The average molecular weight is 463 g/mol. The molecule has 2 heterocycles. The molecule has 2 aliphatic heterocycles. The first-order valence-electron chi connectivity index (χ1n) is 9.69. The van der Waals surface area contributed by atoms with Crippen molar-refractivity contribution >= 4 is 39.3 Å². The van der Waals surface area contributed by atoms with Crippen molar-refractivity contribution in [3.63, 3.8) is 0 Å². The summed E-state index contributed by atoms with van der Waals surface area (Å²) in [5.74, 6) is -0.0822. The molecule has 1 amide bonds. The van der Waals surface area contributed by atoms with Crippen LogP contribution in [0.25, 0.3) is 0 Å². The summed E-state index contributed by atoms with van der Waals surface area (Å²) in [6, 6.07) is 13.5. The normalized spacial score (nSPS) is 20.0. The second-order valence-corrected chi connectivity index (χ2v) is 10.8. The highest BCUT2D eigenvalue weighted by Gasteiger charge is 2.58. The van der Waals surface area contributed by atoms with E-state index in [0.717, 1.165) is 14.9 Å². The topological polar surface area (TPSA) is 93.2 Å². The quantitative estimate of drug-likeness (QED) is 0.461. The lowest BCUT2D eigenvalue weighted by molar-refractivity contribution is -0.147. The lowest BCUT2D eigenvalue weighted by Crippen LogP contribution is -2.48. The summed E-state index contributed by atoms with van der Waals surface area (Å²) >= 11 is 1.36. The number of hydrogen-bond donors (Lipinski definition) is 0. The second-order valence-electron chi connectivity index (χ2n) is 7.33. The van der Waals surface area contributed by atoms with Gasteiger partial charge in [0.2, 0.25) is 15.9 Å². The molecule has 164 valence electrons. The molecule has 0 saturated carbocycles. The Balaban J connectivity index is 1.35. The van der Waals surface area contributed by atoms with E-state index in [1.54, 1.807) is 17.0 Å². The summed E-state index contributed by atoms with van der Waals surface area (Å²) in [5.41, 5.74) is 0.746. The monoisotopic (exact) mass is 462 g/mol. The van der Waals surface area contributed by atoms with Crippen molar-refractivity contribution in [2.24, 2.45) is 0 Å². The number of nitrogens with zero attached hydrogens (tertiary/aromatic N) is 2. The van der Waals surface area contributed by atoms with Crippen molar-refractivity contribution in [3.05, 3.63) is 48.5 Å². The lowest BCUT2D eigenvalue weighted by atomic mass is 10.2. The molecule has 1 saturated heterocycles. The van der Waals surface area contributed by atoms with E-state index in [1.807, 2.05) is 24.3 Å². The van der Waals surface area contributed by atoms with Crippen LogP contribution in [0.15, 0.2) is 58.3 Å². The van der Waals surface area contributed by atoms with Gasteiger partial charge in [0, 0.05) is 31.8 Å². The van der Waals surface area contributed by atoms with Gasteiger partial charge in [0.05, 0.1) is 10.6 Å². The Morgan fingerprint density at radius 2 is 1.84 bits per heavy atom. The fourth-order valence-electron chi connectivity index (χ4n) is 3.60. The molecule has 0 bridgehead atoms. The summed E-state index contributed by atoms with van der Waals surface area (Å²) in [6.07, 6.45) is 0.696. The Hall–Kier alpha value is -2.56. The molecule has 0 aromatic heterocycles. The smallest absolute Gasteiger partial charge is 0.343 e. The molecule has 2 aromatic carbocycles. The van der Waals surface area contributed by atoms with Crippen LogP contribution in [0, 0.1) is 0 Å². The molecule has 2 aromatic rings. The minimum atomic E-state index is -3.50. The fraction of sp³-hybridized carbons (Fsp3) is 0.333. The SMILES string of the molecule is CN(C)S(=O)(=O)c1ccc(OCCOC(=O)[C@]23CCC(=O)N2c2ccccc2S3)cc1. The van der Waals surface area contributed by atoms with E-state index in [2.05, 4.69) is 0 Å². The zero-order valence-corrected chi connectivity index (χ0v) is 18.7. The van der Waals surface area contributed by atoms with Crippen LogP contribution >= 0.6 is 11.8 Å². The van der Waals surface area contributed by atoms with Crippen LogP contribution in [-0.4, -0.2) is 56.8 Å². The van der Waals surface area contributed by atoms with Crippen molar-refractivity contribution in [2.45, 2.75) is 27.5 Å². The van der Waals surface area contributed by atoms with Gasteiger partial charge in [0.25, 0.3) is 0 Å². The first kappa shape index (κ1) is 21.7. The number of amides is 1. The van der Waals surface area contributed by atoms with E-state index in [0.29, 0.717) is 18.6 Å². The first-order valence-corrected chi connectivity index (χ1v) is 11.9. The van der Waals surface area contributed by atoms with Gasteiger partial charge in [0.15, 0.2) is 4.87 Å². The number of thioether (sulfide) groups is 1. The van der Waals surface area contributed by atoms with E-state index < -0.39 is 20.9 Å². The molecular weight excluding hydrogens is 440 g/mol. The van der Waals surface area contributed by atoms with Crippen molar-refractivity contribution in [1.82, 2.24) is 4.31 Å². The Bertz CT molecular complexity index is 1120. The molecule has 0 aliphatic carbocycles. The van der Waals surface area contributed by atoms with Crippen LogP contribution in [0.2, 0.25) is 0 Å². The van der Waals surface area contributed by atoms with Gasteiger partial charge in [-0.15, -0.1) is 0 Å². The summed E-state index contributed by atoms with van der Waals surface area (Å²) in [6.45, 7) is 0.116. The standard InChI is InChI=1S/C21H22N2O6S2/c1-22(2)31(26,27)16-9-7-15(8-10-16)28-13-14-29-20(25)21-12-11-19(24)23(21)17-5-3-4-6-18(17)30-21/h3-10H,11-14H2,1-2H3/t21-/m1/s1. The Morgan fingerprint density at radius 1 is 1.13 bits per heavy atom. The van der Waals surface area contributed by atoms with Gasteiger partial charge in [-0.25, -0.2) is 17.5 Å². The largest absolute Gasteiger partial charge is 0.490 e. The van der Waals surface area contributed by atoms with Crippen molar-refractivity contribution in [2.75, 3.05) is 32.2 Å². The van der Waals surface area contributed by atoms with E-state index in [1.165, 1.54) is 38.0 Å². The Kier molecular flexibility index (Phi) is 5.71. The molecule has 0 spiro atoms. The number of sulfonamides is 1. The van der Waals surface area contributed by atoms with Crippen LogP contribution in [-0.2, 0) is 24.3 Å². The zero-order valence-electron chi connectivity index (χ0n) is 17.1. The van der Waals surface area contributed by atoms with Crippen LogP contribution in [0.4, 0.5) is 5.69 Å². The third-order valence-electron chi connectivity index (χ3n) is 5.18. The van der Waals surface area contributed by atoms with E-state index >= 15 is 0 Å². The highest BCUT2D eigenvalue weighted by molar-refractivity contribution is 8.02. The highest BCUT2D eigenvalue weighted by atomic mass is 32.2. The third kappa shape index (κ3) is 3.79. The summed E-state index contributed by atoms with van der Waals surface area (Å²) in [7, 11) is -0.570. The summed E-state index contributed by atoms with van der Waals surface area (Å²) in [5, 5.41) is 0. The lowest BCUT2D eigenvalue weighted by Gasteiger charge is -2.28. The van der Waals surface area contributed by atoms with Gasteiger partial charge in [-0.3, -0.25) is 9.69 Å². The number of benzene rings is 2. The number of para-hydroxylation sites is 1. The maximum absolute atomic E-state index is 12.9. The van der Waals surface area contributed by atoms with Crippen molar-refractivity contribution in [1.29, 1.82) is 0 Å². The second kappa shape index (κ2) is 8.18. The van der Waals surface area contributed by atoms with Gasteiger partial charge >= 0.3 is 5.97 Å². The number of fused-ring (bicyclic) bond motifs is 3. The predicted molar refractivity (Wildman–Crippen MR) is 116 cm³/mol. The van der Waals surface area contributed by atoms with Crippen LogP contribution in [0.3, 0.4) is 0 Å². The van der Waals surface area contributed by atoms with E-state index in [9.17, 15) is 18.0 Å². The number of esters is 1. The first-order chi connectivity index (χ1) is 14.8. The van der Waals surface area contributed by atoms with Crippen molar-refractivity contribution < 1.29 is 27.5 Å². The van der Waals surface area contributed by atoms with Gasteiger partial charge in [0.1, 0.15) is 19.0 Å². The zero-order chi connectivity index (χ0) is 22.2. The van der Waals surface area contributed by atoms with Gasteiger partial charge in [-0.2, -0.15) is 0 Å². The number of rotatable bonds is 7. The molecule has 8 nitrogen and oxygen atoms in total. The van der Waals surface area contributed by atoms with Gasteiger partial charge in [-0.1, -0.05) is 23.9 Å². The molecule has 2 aliphatic rings. The Morgan fingerprint density at radius 3 is 2.55 bits per heavy atom. The molecule has 10 heteroatoms. The number of carbonyl (C=O) groups excluding carboxylic acids is 2. The van der Waals surface area contributed by atoms with Gasteiger partial charge < -0.3 is 9.47 Å². The molecule has 1 fully saturated rings. The van der Waals surface area contributed by atoms with Crippen LogP contribution in [0.1, 0.15) is 12.8 Å². The fourth-order valence-corrected chi connectivity index (χ4v) is 5.91. The predicted octanol–water partition coefficient (Wildman–Crippen LogP) is 2.49. The molecular formula is C21H22N2O6S2. The number of anilines is 1. The molecule has 4 rings (SSSR count). The van der Waals surface area contributed by atoms with Crippen LogP contribution in [0.5, 0.6) is 5.75 Å². The van der Waals surface area contributed by atoms with E-state index in [-0.39, 0.29) is 24.0 Å². The maximum atomic E-state index is 12.9. The number of carbonyl (C=O) groups is 2. The molecule has 31 heavy (non-hydrogen) atoms. The van der Waals surface area contributed by atoms with E-state index in [4.69, 9.17) is 9.47 Å². The third-order valence-corrected chi connectivity index (χ3v) is 8.47. The molecule has 0 radical (unpaired) electrons. The molecule has 0 unspecified atom stereocenters. The summed E-state index contributed by atoms with van der Waals surface area (Å²) in [4.78, 5) is 26.9. The molecule has 0 N–H and O–H groups in total. The molecule has 1 atom stereocenters. The minimum Gasteiger partial charge on any atom is -0.490 e. The maximum Gasteiger partial charge on any atom is 0.343 e. The van der Waals surface area contributed by atoms with Gasteiger partial charge in [-0.05, 0) is 36.4 Å². The minimum absolute atomic E-state index is 0.0112. The Labute approximate surface area is 185 Å². The number of ether oxygens (including phenoxy) is 2. The average Bonchev–Trinajstić information content (AvgIpc) is 3.27. The summed E-state index contributed by atoms with van der Waals surface area (Å²) < 4.78 is 36.4. The van der Waals surface area contributed by atoms with Crippen molar-refractivity contribution in [3.8, 4) is 5.75 Å². The number of hydrogen-bond acceptors (Lipinski definition) is 7. The van der Waals surface area contributed by atoms with Crippen LogP contribution < -0.4 is 9.64 Å².